The van der Waals surface area contributed by atoms with Gasteiger partial charge < -0.3 is 14.4 Å². The summed E-state index contributed by atoms with van der Waals surface area (Å²) in [6, 6.07) is 18.5. The van der Waals surface area contributed by atoms with Gasteiger partial charge in [-0.25, -0.2) is 4.79 Å². The molecule has 0 spiro atoms. The van der Waals surface area contributed by atoms with Crippen LogP contribution in [-0.2, 0) is 6.61 Å². The standard InChI is InChI=1S/C21H16N2O3/c24-21(25)15-7-9-18(10-8-15)26-14-16-13-23(17-4-3-11-22-12-17)20-6-2-1-5-19(16)20/h1-13H,14H2,(H,24,25). The molecule has 0 bridgehead atoms. The molecule has 128 valence electrons. The van der Waals surface area contributed by atoms with E-state index in [0.717, 1.165) is 22.2 Å². The highest BCUT2D eigenvalue weighted by Gasteiger charge is 2.10. The van der Waals surface area contributed by atoms with Crippen molar-refractivity contribution < 1.29 is 14.6 Å². The van der Waals surface area contributed by atoms with Crippen LogP contribution in [0.4, 0.5) is 0 Å². The smallest absolute Gasteiger partial charge is 0.335 e. The van der Waals surface area contributed by atoms with Crippen LogP contribution < -0.4 is 4.74 Å². The zero-order valence-electron chi connectivity index (χ0n) is 13.9. The summed E-state index contributed by atoms with van der Waals surface area (Å²) in [7, 11) is 0. The molecule has 0 unspecified atom stereocenters. The Morgan fingerprint density at radius 3 is 2.58 bits per heavy atom. The fourth-order valence-electron chi connectivity index (χ4n) is 2.93. The van der Waals surface area contributed by atoms with Crippen molar-refractivity contribution in [2.75, 3.05) is 0 Å². The number of fused-ring (bicyclic) bond motifs is 1. The Hall–Kier alpha value is -3.60. The van der Waals surface area contributed by atoms with E-state index in [1.165, 1.54) is 12.1 Å². The van der Waals surface area contributed by atoms with E-state index in [4.69, 9.17) is 9.84 Å². The van der Waals surface area contributed by atoms with E-state index in [2.05, 4.69) is 21.7 Å². The van der Waals surface area contributed by atoms with Gasteiger partial charge in [0.2, 0.25) is 0 Å². The Kier molecular flexibility index (Phi) is 4.11. The summed E-state index contributed by atoms with van der Waals surface area (Å²) in [6.45, 7) is 0.389. The van der Waals surface area contributed by atoms with Gasteiger partial charge in [-0.1, -0.05) is 18.2 Å². The third-order valence-electron chi connectivity index (χ3n) is 4.21. The molecule has 4 aromatic rings. The highest BCUT2D eigenvalue weighted by Crippen LogP contribution is 2.26. The first-order valence-corrected chi connectivity index (χ1v) is 8.18. The average molecular weight is 344 g/mol. The molecule has 5 heteroatoms. The van der Waals surface area contributed by atoms with Crippen LogP contribution in [-0.4, -0.2) is 20.6 Å². The summed E-state index contributed by atoms with van der Waals surface area (Å²) in [4.78, 5) is 15.1. The number of aromatic carboxylic acids is 1. The van der Waals surface area contributed by atoms with Crippen molar-refractivity contribution >= 4 is 16.9 Å². The number of benzene rings is 2. The third-order valence-corrected chi connectivity index (χ3v) is 4.21. The van der Waals surface area contributed by atoms with Crippen molar-refractivity contribution in [3.63, 3.8) is 0 Å². The van der Waals surface area contributed by atoms with Crippen molar-refractivity contribution in [2.24, 2.45) is 0 Å². The van der Waals surface area contributed by atoms with E-state index in [0.29, 0.717) is 12.4 Å². The van der Waals surface area contributed by atoms with Crippen molar-refractivity contribution in [1.29, 1.82) is 0 Å². The van der Waals surface area contributed by atoms with Gasteiger partial charge in [0.1, 0.15) is 12.4 Å². The van der Waals surface area contributed by atoms with Crippen LogP contribution in [0.1, 0.15) is 15.9 Å². The predicted octanol–water partition coefficient (Wildman–Crippen LogP) is 4.30. The molecular formula is C21H16N2O3. The quantitative estimate of drug-likeness (QED) is 0.586. The number of ether oxygens (including phenoxy) is 1. The molecular weight excluding hydrogens is 328 g/mol. The maximum Gasteiger partial charge on any atom is 0.335 e. The van der Waals surface area contributed by atoms with Gasteiger partial charge in [0, 0.05) is 23.3 Å². The minimum Gasteiger partial charge on any atom is -0.489 e. The second-order valence-corrected chi connectivity index (χ2v) is 5.87. The lowest BCUT2D eigenvalue weighted by atomic mass is 10.2. The number of aromatic nitrogens is 2. The van der Waals surface area contributed by atoms with Crippen LogP contribution in [0.5, 0.6) is 5.75 Å². The van der Waals surface area contributed by atoms with Crippen LogP contribution in [0.3, 0.4) is 0 Å². The van der Waals surface area contributed by atoms with Crippen LogP contribution in [0, 0.1) is 0 Å². The summed E-state index contributed by atoms with van der Waals surface area (Å²) in [5, 5.41) is 10.1. The molecule has 1 N–H and O–H groups in total. The Bertz CT molecular complexity index is 1050. The number of pyridine rings is 1. The van der Waals surface area contributed by atoms with E-state index >= 15 is 0 Å². The van der Waals surface area contributed by atoms with Gasteiger partial charge in [-0.15, -0.1) is 0 Å². The van der Waals surface area contributed by atoms with Gasteiger partial charge in [-0.2, -0.15) is 0 Å². The molecule has 0 saturated carbocycles. The van der Waals surface area contributed by atoms with E-state index in [1.54, 1.807) is 18.3 Å². The molecule has 0 saturated heterocycles. The largest absolute Gasteiger partial charge is 0.489 e. The zero-order chi connectivity index (χ0) is 17.9. The predicted molar refractivity (Wildman–Crippen MR) is 98.8 cm³/mol. The summed E-state index contributed by atoms with van der Waals surface area (Å²) in [5.41, 5.74) is 3.36. The first-order valence-electron chi connectivity index (χ1n) is 8.18. The fraction of sp³-hybridized carbons (Fsp3) is 0.0476. The summed E-state index contributed by atoms with van der Waals surface area (Å²) < 4.78 is 7.95. The first-order chi connectivity index (χ1) is 12.7. The Morgan fingerprint density at radius 2 is 1.85 bits per heavy atom. The van der Waals surface area contributed by atoms with Gasteiger partial charge in [-0.05, 0) is 42.5 Å². The minimum atomic E-state index is -0.948. The lowest BCUT2D eigenvalue weighted by Gasteiger charge is -2.05. The molecule has 0 radical (unpaired) electrons. The minimum absolute atomic E-state index is 0.241. The normalized spacial score (nSPS) is 10.8. The topological polar surface area (TPSA) is 64.3 Å². The lowest BCUT2D eigenvalue weighted by Crippen LogP contribution is -1.98. The molecule has 0 atom stereocenters. The molecule has 26 heavy (non-hydrogen) atoms. The molecule has 0 aliphatic heterocycles. The Labute approximate surface area is 150 Å². The number of hydrogen-bond donors (Lipinski definition) is 1. The van der Waals surface area contributed by atoms with Crippen molar-refractivity contribution in [2.45, 2.75) is 6.61 Å². The van der Waals surface area contributed by atoms with Crippen molar-refractivity contribution in [3.8, 4) is 11.4 Å². The molecule has 4 rings (SSSR count). The van der Waals surface area contributed by atoms with Crippen LogP contribution in [0.2, 0.25) is 0 Å². The second kappa shape index (κ2) is 6.72. The Balaban J connectivity index is 1.64. The Morgan fingerprint density at radius 1 is 1.04 bits per heavy atom. The highest BCUT2D eigenvalue weighted by atomic mass is 16.5. The second-order valence-electron chi connectivity index (χ2n) is 5.87. The van der Waals surface area contributed by atoms with Crippen LogP contribution >= 0.6 is 0 Å². The maximum atomic E-state index is 10.9. The van der Waals surface area contributed by atoms with Gasteiger partial charge >= 0.3 is 5.97 Å². The molecule has 2 heterocycles. The lowest BCUT2D eigenvalue weighted by molar-refractivity contribution is 0.0697. The molecule has 5 nitrogen and oxygen atoms in total. The molecule has 0 fully saturated rings. The summed E-state index contributed by atoms with van der Waals surface area (Å²) in [6.07, 6.45) is 5.62. The van der Waals surface area contributed by atoms with E-state index in [9.17, 15) is 4.79 Å². The van der Waals surface area contributed by atoms with Gasteiger partial charge in [0.15, 0.2) is 0 Å². The number of para-hydroxylation sites is 1. The summed E-state index contributed by atoms with van der Waals surface area (Å²) >= 11 is 0. The monoisotopic (exact) mass is 344 g/mol. The number of carboxylic acid groups (broad SMARTS) is 1. The van der Waals surface area contributed by atoms with E-state index < -0.39 is 5.97 Å². The van der Waals surface area contributed by atoms with Crippen LogP contribution in [0.15, 0.2) is 79.3 Å². The molecule has 0 aliphatic carbocycles. The average Bonchev–Trinajstić information content (AvgIpc) is 3.06. The van der Waals surface area contributed by atoms with Gasteiger partial charge in [0.05, 0.1) is 23.0 Å². The highest BCUT2D eigenvalue weighted by molar-refractivity contribution is 5.87. The number of carbonyl (C=O) groups is 1. The van der Waals surface area contributed by atoms with Crippen LogP contribution in [0.25, 0.3) is 16.6 Å². The van der Waals surface area contributed by atoms with Crippen molar-refractivity contribution in [3.05, 3.63) is 90.4 Å². The van der Waals surface area contributed by atoms with Crippen molar-refractivity contribution in [1.82, 2.24) is 9.55 Å². The number of rotatable bonds is 5. The fourth-order valence-corrected chi connectivity index (χ4v) is 2.93. The molecule has 2 aromatic carbocycles. The molecule has 2 aromatic heterocycles. The van der Waals surface area contributed by atoms with Gasteiger partial charge in [0.25, 0.3) is 0 Å². The zero-order valence-corrected chi connectivity index (χ0v) is 13.9. The maximum absolute atomic E-state index is 10.9. The van der Waals surface area contributed by atoms with E-state index in [1.807, 2.05) is 36.7 Å². The number of hydrogen-bond acceptors (Lipinski definition) is 3. The molecule has 0 amide bonds. The third kappa shape index (κ3) is 3.02. The first kappa shape index (κ1) is 15.9. The number of nitrogens with zero attached hydrogens (tertiary/aromatic N) is 2. The molecule has 0 aliphatic rings. The summed E-state index contributed by atoms with van der Waals surface area (Å²) in [5.74, 6) is -0.315. The number of carboxylic acids is 1. The SMILES string of the molecule is O=C(O)c1ccc(OCc2cn(-c3cccnc3)c3ccccc23)cc1. The van der Waals surface area contributed by atoms with Gasteiger partial charge in [-0.3, -0.25) is 4.98 Å². The van der Waals surface area contributed by atoms with E-state index in [-0.39, 0.29) is 5.56 Å².